The van der Waals surface area contributed by atoms with E-state index in [2.05, 4.69) is 5.32 Å². The molecule has 1 atom stereocenters. The molecule has 1 N–H and O–H groups in total. The molecule has 2 rings (SSSR count). The Balaban J connectivity index is 2.33. The predicted octanol–water partition coefficient (Wildman–Crippen LogP) is 4.86. The van der Waals surface area contributed by atoms with Crippen molar-refractivity contribution in [3.8, 4) is 0 Å². The zero-order valence-electron chi connectivity index (χ0n) is 12.1. The lowest BCUT2D eigenvalue weighted by molar-refractivity contribution is 0.494. The molecule has 0 radical (unpaired) electrons. The lowest BCUT2D eigenvalue weighted by atomic mass is 10.1. The van der Waals surface area contributed by atoms with E-state index in [1.165, 1.54) is 6.07 Å². The number of anilines is 2. The normalized spacial score (nSPS) is 12.1. The number of halogens is 3. The van der Waals surface area contributed by atoms with Crippen molar-refractivity contribution in [1.82, 2.24) is 0 Å². The molecule has 0 amide bonds. The van der Waals surface area contributed by atoms with Gasteiger partial charge >= 0.3 is 0 Å². The van der Waals surface area contributed by atoms with Crippen LogP contribution in [0.5, 0.6) is 0 Å². The molecule has 2 aromatic rings. The van der Waals surface area contributed by atoms with Crippen molar-refractivity contribution >= 4 is 23.0 Å². The quantitative estimate of drug-likeness (QED) is 0.867. The van der Waals surface area contributed by atoms with Crippen LogP contribution in [0, 0.1) is 11.6 Å². The molecule has 0 aliphatic carbocycles. The molecule has 0 bridgehead atoms. The van der Waals surface area contributed by atoms with E-state index in [0.29, 0.717) is 5.02 Å². The minimum absolute atomic E-state index is 0.277. The van der Waals surface area contributed by atoms with Crippen LogP contribution in [0.25, 0.3) is 0 Å². The van der Waals surface area contributed by atoms with Crippen LogP contribution in [-0.4, -0.2) is 14.1 Å². The number of nitrogens with zero attached hydrogens (tertiary/aromatic N) is 1. The van der Waals surface area contributed by atoms with Gasteiger partial charge in [0.2, 0.25) is 0 Å². The van der Waals surface area contributed by atoms with E-state index >= 15 is 0 Å². The molecular weight excluding hydrogens is 294 g/mol. The van der Waals surface area contributed by atoms with Gasteiger partial charge in [-0.05, 0) is 31.2 Å². The van der Waals surface area contributed by atoms with Gasteiger partial charge in [-0.2, -0.15) is 0 Å². The largest absolute Gasteiger partial charge is 0.377 e. The fraction of sp³-hybridized carbons (Fsp3) is 0.250. The summed E-state index contributed by atoms with van der Waals surface area (Å²) >= 11 is 6.01. The first kappa shape index (κ1) is 15.6. The van der Waals surface area contributed by atoms with Crippen molar-refractivity contribution in [2.24, 2.45) is 0 Å². The van der Waals surface area contributed by atoms with Crippen LogP contribution in [-0.2, 0) is 0 Å². The smallest absolute Gasteiger partial charge is 0.164 e. The highest BCUT2D eigenvalue weighted by molar-refractivity contribution is 6.31. The standard InChI is InChI=1S/C16H17ClF2N2/c1-10(12-5-4-6-13(18)16(12)19)20-14-9-11(17)7-8-15(14)21(2)3/h4-10,20H,1-3H3. The van der Waals surface area contributed by atoms with Gasteiger partial charge in [0.05, 0.1) is 17.4 Å². The summed E-state index contributed by atoms with van der Waals surface area (Å²) in [6, 6.07) is 9.21. The number of hydrogen-bond donors (Lipinski definition) is 1. The lowest BCUT2D eigenvalue weighted by Crippen LogP contribution is -2.15. The molecule has 0 fully saturated rings. The molecule has 5 heteroatoms. The molecule has 0 aromatic heterocycles. The molecule has 2 aromatic carbocycles. The van der Waals surface area contributed by atoms with Crippen LogP contribution in [0.15, 0.2) is 36.4 Å². The zero-order chi connectivity index (χ0) is 15.6. The minimum atomic E-state index is -0.847. The molecule has 0 aliphatic heterocycles. The van der Waals surface area contributed by atoms with E-state index in [4.69, 9.17) is 11.6 Å². The number of hydrogen-bond acceptors (Lipinski definition) is 2. The Morgan fingerprint density at radius 1 is 1.14 bits per heavy atom. The van der Waals surface area contributed by atoms with E-state index in [-0.39, 0.29) is 5.56 Å². The van der Waals surface area contributed by atoms with Gasteiger partial charge in [-0.3, -0.25) is 0 Å². The molecule has 2 nitrogen and oxygen atoms in total. The summed E-state index contributed by atoms with van der Waals surface area (Å²) in [4.78, 5) is 1.92. The summed E-state index contributed by atoms with van der Waals surface area (Å²) in [6.45, 7) is 1.78. The molecular formula is C16H17ClF2N2. The molecule has 21 heavy (non-hydrogen) atoms. The van der Waals surface area contributed by atoms with Crippen LogP contribution >= 0.6 is 11.6 Å². The summed E-state index contributed by atoms with van der Waals surface area (Å²) in [5.74, 6) is -1.67. The Kier molecular flexibility index (Phi) is 4.68. The average molecular weight is 311 g/mol. The highest BCUT2D eigenvalue weighted by Crippen LogP contribution is 2.31. The third-order valence-electron chi connectivity index (χ3n) is 3.26. The third-order valence-corrected chi connectivity index (χ3v) is 3.50. The Hall–Kier alpha value is -1.81. The monoisotopic (exact) mass is 310 g/mol. The molecule has 0 saturated heterocycles. The SMILES string of the molecule is CC(Nc1cc(Cl)ccc1N(C)C)c1cccc(F)c1F. The Bertz CT molecular complexity index is 644. The summed E-state index contributed by atoms with van der Waals surface area (Å²) in [5.41, 5.74) is 1.96. The highest BCUT2D eigenvalue weighted by Gasteiger charge is 2.16. The summed E-state index contributed by atoms with van der Waals surface area (Å²) in [6.07, 6.45) is 0. The first-order chi connectivity index (χ1) is 9.90. The molecule has 0 saturated carbocycles. The molecule has 1 unspecified atom stereocenters. The van der Waals surface area contributed by atoms with Gasteiger partial charge in [0.15, 0.2) is 11.6 Å². The van der Waals surface area contributed by atoms with Crippen LogP contribution in [0.2, 0.25) is 5.02 Å². The van der Waals surface area contributed by atoms with Gasteiger partial charge in [0.25, 0.3) is 0 Å². The van der Waals surface area contributed by atoms with Crippen molar-refractivity contribution in [3.63, 3.8) is 0 Å². The molecule has 0 spiro atoms. The van der Waals surface area contributed by atoms with E-state index in [0.717, 1.165) is 17.4 Å². The molecule has 112 valence electrons. The maximum atomic E-state index is 13.8. The van der Waals surface area contributed by atoms with Crippen molar-refractivity contribution < 1.29 is 8.78 Å². The van der Waals surface area contributed by atoms with Crippen LogP contribution in [0.3, 0.4) is 0 Å². The van der Waals surface area contributed by atoms with Crippen molar-refractivity contribution in [3.05, 3.63) is 58.6 Å². The van der Waals surface area contributed by atoms with Crippen LogP contribution < -0.4 is 10.2 Å². The van der Waals surface area contributed by atoms with Gasteiger partial charge < -0.3 is 10.2 Å². The summed E-state index contributed by atoms with van der Waals surface area (Å²) in [5, 5.41) is 3.76. The van der Waals surface area contributed by atoms with Crippen molar-refractivity contribution in [2.75, 3.05) is 24.3 Å². The van der Waals surface area contributed by atoms with Gasteiger partial charge in [0, 0.05) is 24.7 Å². The van der Waals surface area contributed by atoms with Gasteiger partial charge in [-0.15, -0.1) is 0 Å². The first-order valence-electron chi connectivity index (χ1n) is 6.57. The van der Waals surface area contributed by atoms with Crippen LogP contribution in [0.1, 0.15) is 18.5 Å². The minimum Gasteiger partial charge on any atom is -0.377 e. The van der Waals surface area contributed by atoms with E-state index in [1.807, 2.05) is 25.1 Å². The van der Waals surface area contributed by atoms with Gasteiger partial charge in [-0.25, -0.2) is 8.78 Å². The van der Waals surface area contributed by atoms with Gasteiger partial charge in [0.1, 0.15) is 0 Å². The van der Waals surface area contributed by atoms with E-state index in [9.17, 15) is 8.78 Å². The topological polar surface area (TPSA) is 15.3 Å². The molecule has 0 aliphatic rings. The van der Waals surface area contributed by atoms with Crippen LogP contribution in [0.4, 0.5) is 20.2 Å². The fourth-order valence-corrected chi connectivity index (χ4v) is 2.35. The first-order valence-corrected chi connectivity index (χ1v) is 6.95. The van der Waals surface area contributed by atoms with Crippen molar-refractivity contribution in [2.45, 2.75) is 13.0 Å². The summed E-state index contributed by atoms with van der Waals surface area (Å²) in [7, 11) is 3.81. The second-order valence-electron chi connectivity index (χ2n) is 5.06. The second-order valence-corrected chi connectivity index (χ2v) is 5.50. The number of rotatable bonds is 4. The predicted molar refractivity (Wildman–Crippen MR) is 84.2 cm³/mol. The Morgan fingerprint density at radius 3 is 2.52 bits per heavy atom. The van der Waals surface area contributed by atoms with Crippen molar-refractivity contribution in [1.29, 1.82) is 0 Å². The number of benzene rings is 2. The van der Waals surface area contributed by atoms with E-state index < -0.39 is 17.7 Å². The average Bonchev–Trinajstić information content (AvgIpc) is 2.41. The molecule has 0 heterocycles. The zero-order valence-corrected chi connectivity index (χ0v) is 12.9. The number of nitrogens with one attached hydrogen (secondary N) is 1. The summed E-state index contributed by atoms with van der Waals surface area (Å²) < 4.78 is 27.2. The Morgan fingerprint density at radius 2 is 1.86 bits per heavy atom. The Labute approximate surface area is 128 Å². The fourth-order valence-electron chi connectivity index (χ4n) is 2.18. The second kappa shape index (κ2) is 6.31. The third kappa shape index (κ3) is 3.45. The maximum absolute atomic E-state index is 13.8. The van der Waals surface area contributed by atoms with Gasteiger partial charge in [-0.1, -0.05) is 23.7 Å². The maximum Gasteiger partial charge on any atom is 0.164 e. The lowest BCUT2D eigenvalue weighted by Gasteiger charge is -2.22. The highest BCUT2D eigenvalue weighted by atomic mass is 35.5. The van der Waals surface area contributed by atoms with E-state index in [1.54, 1.807) is 25.1 Å².